The van der Waals surface area contributed by atoms with E-state index in [0.717, 1.165) is 12.8 Å². The maximum atomic E-state index is 5.86. The summed E-state index contributed by atoms with van der Waals surface area (Å²) in [6.45, 7) is 2.88. The van der Waals surface area contributed by atoms with Crippen molar-refractivity contribution >= 4 is 11.3 Å². The van der Waals surface area contributed by atoms with Crippen molar-refractivity contribution in [2.45, 2.75) is 19.8 Å². The second-order valence-electron chi connectivity index (χ2n) is 4.36. The average molecular weight is 246 g/mol. The number of nitrogens with two attached hydrogens (primary N) is 1. The molecule has 1 heterocycles. The molecule has 0 spiro atoms. The summed E-state index contributed by atoms with van der Waals surface area (Å²) in [6.07, 6.45) is 3.90. The summed E-state index contributed by atoms with van der Waals surface area (Å²) in [7, 11) is 0. The van der Waals surface area contributed by atoms with Crippen molar-refractivity contribution in [2.24, 2.45) is 11.7 Å². The molecule has 17 heavy (non-hydrogen) atoms. The molecule has 3 heteroatoms. The van der Waals surface area contributed by atoms with Gasteiger partial charge in [0.25, 0.3) is 0 Å². The fourth-order valence-corrected chi connectivity index (χ4v) is 2.72. The Balaban J connectivity index is 2.03. The van der Waals surface area contributed by atoms with Crippen molar-refractivity contribution in [3.05, 3.63) is 52.0 Å². The molecule has 0 aliphatic rings. The molecule has 0 amide bonds. The van der Waals surface area contributed by atoms with E-state index in [2.05, 4.69) is 36.2 Å². The van der Waals surface area contributed by atoms with Crippen molar-refractivity contribution in [2.75, 3.05) is 6.54 Å². The first-order valence-corrected chi connectivity index (χ1v) is 6.80. The Labute approximate surface area is 107 Å². The topological polar surface area (TPSA) is 38.9 Å². The molecular weight excluding hydrogens is 228 g/mol. The lowest BCUT2D eigenvalue weighted by atomic mass is 9.94. The molecule has 2 aromatic rings. The first-order valence-electron chi connectivity index (χ1n) is 5.92. The quantitative estimate of drug-likeness (QED) is 0.881. The van der Waals surface area contributed by atoms with Crippen molar-refractivity contribution in [1.82, 2.24) is 4.98 Å². The molecule has 0 bridgehead atoms. The highest BCUT2D eigenvalue weighted by atomic mass is 32.1. The first-order chi connectivity index (χ1) is 8.29. The standard InChI is InChI=1S/C14H18N2S/c1-11-4-2-3-5-13(11)8-12(10-15)9-14-16-6-7-17-14/h2-7,12H,8-10,15H2,1H3. The average Bonchev–Trinajstić information content (AvgIpc) is 2.84. The molecule has 0 radical (unpaired) electrons. The number of nitrogens with zero attached hydrogens (tertiary/aromatic N) is 1. The molecule has 1 atom stereocenters. The molecule has 90 valence electrons. The zero-order valence-electron chi connectivity index (χ0n) is 10.1. The van der Waals surface area contributed by atoms with Crippen LogP contribution in [-0.4, -0.2) is 11.5 Å². The largest absolute Gasteiger partial charge is 0.330 e. The third-order valence-electron chi connectivity index (χ3n) is 3.05. The molecule has 2 nitrogen and oxygen atoms in total. The monoisotopic (exact) mass is 246 g/mol. The summed E-state index contributed by atoms with van der Waals surface area (Å²) in [4.78, 5) is 4.33. The van der Waals surface area contributed by atoms with Crippen LogP contribution in [0.3, 0.4) is 0 Å². The van der Waals surface area contributed by atoms with Gasteiger partial charge in [-0.15, -0.1) is 11.3 Å². The Morgan fingerprint density at radius 1 is 1.29 bits per heavy atom. The van der Waals surface area contributed by atoms with Gasteiger partial charge in [0.15, 0.2) is 0 Å². The van der Waals surface area contributed by atoms with Gasteiger partial charge in [-0.25, -0.2) is 4.98 Å². The highest BCUT2D eigenvalue weighted by Crippen LogP contribution is 2.17. The second kappa shape index (κ2) is 5.94. The predicted molar refractivity (Wildman–Crippen MR) is 73.2 cm³/mol. The van der Waals surface area contributed by atoms with E-state index in [1.54, 1.807) is 11.3 Å². The van der Waals surface area contributed by atoms with Gasteiger partial charge < -0.3 is 5.73 Å². The van der Waals surface area contributed by atoms with Crippen LogP contribution in [-0.2, 0) is 12.8 Å². The van der Waals surface area contributed by atoms with Crippen molar-refractivity contribution in [3.63, 3.8) is 0 Å². The molecule has 0 aliphatic carbocycles. The number of aromatic nitrogens is 1. The fraction of sp³-hybridized carbons (Fsp3) is 0.357. The Kier molecular flexibility index (Phi) is 4.29. The second-order valence-corrected chi connectivity index (χ2v) is 5.34. The van der Waals surface area contributed by atoms with Gasteiger partial charge >= 0.3 is 0 Å². The summed E-state index contributed by atoms with van der Waals surface area (Å²) in [5.41, 5.74) is 8.62. The number of hydrogen-bond donors (Lipinski definition) is 1. The van der Waals surface area contributed by atoms with Crippen molar-refractivity contribution < 1.29 is 0 Å². The highest BCUT2D eigenvalue weighted by molar-refractivity contribution is 7.09. The Hall–Kier alpha value is -1.19. The number of thiazole rings is 1. The van der Waals surface area contributed by atoms with Gasteiger partial charge in [0.1, 0.15) is 0 Å². The van der Waals surface area contributed by atoms with Crippen LogP contribution >= 0.6 is 11.3 Å². The molecule has 2 rings (SSSR count). The van der Waals surface area contributed by atoms with Crippen LogP contribution in [0.1, 0.15) is 16.1 Å². The third kappa shape index (κ3) is 3.38. The van der Waals surface area contributed by atoms with Crippen molar-refractivity contribution in [1.29, 1.82) is 0 Å². The van der Waals surface area contributed by atoms with Gasteiger partial charge in [0.2, 0.25) is 0 Å². The van der Waals surface area contributed by atoms with E-state index < -0.39 is 0 Å². The highest BCUT2D eigenvalue weighted by Gasteiger charge is 2.11. The van der Waals surface area contributed by atoms with Crippen LogP contribution in [0.5, 0.6) is 0 Å². The van der Waals surface area contributed by atoms with Crippen LogP contribution in [0.25, 0.3) is 0 Å². The summed E-state index contributed by atoms with van der Waals surface area (Å²) >= 11 is 1.71. The Morgan fingerprint density at radius 3 is 2.76 bits per heavy atom. The number of rotatable bonds is 5. The SMILES string of the molecule is Cc1ccccc1CC(CN)Cc1nccs1. The van der Waals surface area contributed by atoms with Gasteiger partial charge in [0.05, 0.1) is 5.01 Å². The van der Waals surface area contributed by atoms with Gasteiger partial charge in [0, 0.05) is 18.0 Å². The first kappa shape index (κ1) is 12.3. The molecular formula is C14H18N2S. The van der Waals surface area contributed by atoms with E-state index in [1.807, 2.05) is 11.6 Å². The molecule has 0 fully saturated rings. The van der Waals surface area contributed by atoms with Gasteiger partial charge in [-0.2, -0.15) is 0 Å². The summed E-state index contributed by atoms with van der Waals surface area (Å²) in [5.74, 6) is 0.488. The lowest BCUT2D eigenvalue weighted by Crippen LogP contribution is -2.19. The Morgan fingerprint density at radius 2 is 2.12 bits per heavy atom. The van der Waals surface area contributed by atoms with Crippen LogP contribution in [0.2, 0.25) is 0 Å². The minimum atomic E-state index is 0.488. The smallest absolute Gasteiger partial charge is 0.0928 e. The van der Waals surface area contributed by atoms with Gasteiger partial charge in [-0.05, 0) is 36.9 Å². The van der Waals surface area contributed by atoms with Crippen molar-refractivity contribution in [3.8, 4) is 0 Å². The lowest BCUT2D eigenvalue weighted by Gasteiger charge is -2.14. The van der Waals surface area contributed by atoms with Crippen LogP contribution in [0.4, 0.5) is 0 Å². The van der Waals surface area contributed by atoms with E-state index in [9.17, 15) is 0 Å². The zero-order valence-corrected chi connectivity index (χ0v) is 10.9. The van der Waals surface area contributed by atoms with E-state index in [4.69, 9.17) is 5.73 Å². The molecule has 2 N–H and O–H groups in total. The summed E-state index contributed by atoms with van der Waals surface area (Å²) in [6, 6.07) is 8.53. The van der Waals surface area contributed by atoms with E-state index in [1.165, 1.54) is 16.1 Å². The minimum absolute atomic E-state index is 0.488. The zero-order chi connectivity index (χ0) is 12.1. The van der Waals surface area contributed by atoms with Crippen LogP contribution in [0, 0.1) is 12.8 Å². The van der Waals surface area contributed by atoms with E-state index in [0.29, 0.717) is 12.5 Å². The van der Waals surface area contributed by atoms with Crippen LogP contribution < -0.4 is 5.73 Å². The molecule has 1 unspecified atom stereocenters. The molecule has 0 saturated heterocycles. The lowest BCUT2D eigenvalue weighted by molar-refractivity contribution is 0.531. The number of hydrogen-bond acceptors (Lipinski definition) is 3. The summed E-state index contributed by atoms with van der Waals surface area (Å²) < 4.78 is 0. The normalized spacial score (nSPS) is 12.6. The van der Waals surface area contributed by atoms with Gasteiger partial charge in [-0.1, -0.05) is 24.3 Å². The maximum absolute atomic E-state index is 5.86. The predicted octanol–water partition coefficient (Wildman–Crippen LogP) is 2.81. The summed E-state index contributed by atoms with van der Waals surface area (Å²) in [5, 5.41) is 3.21. The maximum Gasteiger partial charge on any atom is 0.0928 e. The van der Waals surface area contributed by atoms with Gasteiger partial charge in [-0.3, -0.25) is 0 Å². The minimum Gasteiger partial charge on any atom is -0.330 e. The van der Waals surface area contributed by atoms with Crippen LogP contribution in [0.15, 0.2) is 35.8 Å². The van der Waals surface area contributed by atoms with E-state index >= 15 is 0 Å². The Bertz CT molecular complexity index is 451. The fourth-order valence-electron chi connectivity index (χ4n) is 1.99. The molecule has 0 saturated carbocycles. The number of aryl methyl sites for hydroxylation is 1. The molecule has 1 aromatic heterocycles. The number of benzene rings is 1. The van der Waals surface area contributed by atoms with E-state index in [-0.39, 0.29) is 0 Å². The molecule has 0 aliphatic heterocycles. The molecule has 1 aromatic carbocycles. The third-order valence-corrected chi connectivity index (χ3v) is 3.85.